The molecule has 0 saturated carbocycles. The van der Waals surface area contributed by atoms with Gasteiger partial charge in [-0.05, 0) is 25.1 Å². The molecule has 0 bridgehead atoms. The summed E-state index contributed by atoms with van der Waals surface area (Å²) < 4.78 is 50.1. The Bertz CT molecular complexity index is 1180. The molecular weight excluding hydrogens is 418 g/mol. The van der Waals surface area contributed by atoms with Crippen LogP contribution in [0.1, 0.15) is 11.3 Å². The zero-order valence-electron chi connectivity index (χ0n) is 15.0. The molecule has 3 rings (SSSR count). The van der Waals surface area contributed by atoms with Crippen molar-refractivity contribution in [1.29, 1.82) is 0 Å². The Morgan fingerprint density at radius 1 is 1.04 bits per heavy atom. The number of aromatic nitrogens is 1. The molecule has 1 heterocycles. The third kappa shape index (κ3) is 5.03. The molecule has 1 aromatic heterocycles. The second-order valence-corrected chi connectivity index (χ2v) is 10.4. The fraction of sp³-hybridized carbons (Fsp3) is 0.167. The van der Waals surface area contributed by atoms with Crippen LogP contribution in [-0.2, 0) is 26.5 Å². The van der Waals surface area contributed by atoms with Gasteiger partial charge in [0.25, 0.3) is 0 Å². The van der Waals surface area contributed by atoms with Crippen LogP contribution in [0.4, 0.5) is 0 Å². The molecule has 0 radical (unpaired) electrons. The van der Waals surface area contributed by atoms with E-state index < -0.39 is 20.0 Å². The summed E-state index contributed by atoms with van der Waals surface area (Å²) in [6, 6.07) is 13.0. The largest absolute Gasteiger partial charge is 0.241 e. The van der Waals surface area contributed by atoms with Crippen LogP contribution in [0.5, 0.6) is 0 Å². The second-order valence-electron chi connectivity index (χ2n) is 6.18. The molecule has 0 aliphatic carbocycles. The molecule has 0 atom stereocenters. The summed E-state index contributed by atoms with van der Waals surface area (Å²) in [5, 5.41) is 7.82. The molecule has 7 nitrogen and oxygen atoms in total. The van der Waals surface area contributed by atoms with E-state index in [1.807, 2.05) is 36.6 Å². The minimum Gasteiger partial charge on any atom is -0.241 e. The molecule has 0 aliphatic heterocycles. The van der Waals surface area contributed by atoms with Gasteiger partial charge in [-0.15, -0.1) is 11.3 Å². The van der Waals surface area contributed by atoms with Gasteiger partial charge in [0.15, 0.2) is 0 Å². The van der Waals surface area contributed by atoms with Gasteiger partial charge < -0.3 is 0 Å². The Balaban J connectivity index is 1.65. The Morgan fingerprint density at radius 2 is 1.71 bits per heavy atom. The van der Waals surface area contributed by atoms with Crippen molar-refractivity contribution in [2.75, 3.05) is 6.54 Å². The number of hydrogen-bond acceptors (Lipinski definition) is 6. The smallest absolute Gasteiger partial charge is 0.240 e. The van der Waals surface area contributed by atoms with Crippen LogP contribution in [0.15, 0.2) is 63.7 Å². The average molecular weight is 438 g/mol. The lowest BCUT2D eigenvalue weighted by atomic mass is 10.2. The molecule has 3 N–H and O–H groups in total. The highest BCUT2D eigenvalue weighted by Gasteiger charge is 2.17. The molecule has 148 valence electrons. The van der Waals surface area contributed by atoms with Gasteiger partial charge in [-0.25, -0.2) is 31.7 Å². The maximum absolute atomic E-state index is 12.4. The van der Waals surface area contributed by atoms with Gasteiger partial charge in [0, 0.05) is 23.9 Å². The van der Waals surface area contributed by atoms with Crippen LogP contribution in [0.3, 0.4) is 0 Å². The van der Waals surface area contributed by atoms with Gasteiger partial charge in [-0.1, -0.05) is 35.9 Å². The third-order valence-electron chi connectivity index (χ3n) is 3.97. The van der Waals surface area contributed by atoms with Crippen LogP contribution in [0.25, 0.3) is 10.6 Å². The second kappa shape index (κ2) is 8.10. The fourth-order valence-electron chi connectivity index (χ4n) is 2.47. The van der Waals surface area contributed by atoms with E-state index in [9.17, 15) is 16.8 Å². The highest BCUT2D eigenvalue weighted by Crippen LogP contribution is 2.24. The summed E-state index contributed by atoms with van der Waals surface area (Å²) in [6.45, 7) is 2.15. The summed E-state index contributed by atoms with van der Waals surface area (Å²) in [7, 11) is -7.83. The summed E-state index contributed by atoms with van der Waals surface area (Å²) in [6.07, 6.45) is 0.413. The lowest BCUT2D eigenvalue weighted by Gasteiger charge is -2.07. The first-order valence-corrected chi connectivity index (χ1v) is 12.2. The first-order valence-electron chi connectivity index (χ1n) is 8.29. The van der Waals surface area contributed by atoms with E-state index in [1.165, 1.54) is 35.1 Å². The van der Waals surface area contributed by atoms with E-state index in [-0.39, 0.29) is 16.3 Å². The quantitative estimate of drug-likeness (QED) is 0.588. The highest BCUT2D eigenvalue weighted by molar-refractivity contribution is 7.90. The molecule has 0 fully saturated rings. The van der Waals surface area contributed by atoms with Gasteiger partial charge in [0.1, 0.15) is 5.01 Å². The van der Waals surface area contributed by atoms with Crippen molar-refractivity contribution in [3.8, 4) is 10.6 Å². The number of aryl methyl sites for hydroxylation is 1. The molecule has 3 aromatic rings. The first kappa shape index (κ1) is 20.6. The molecule has 0 saturated heterocycles. The van der Waals surface area contributed by atoms with Gasteiger partial charge in [0.05, 0.1) is 15.5 Å². The summed E-state index contributed by atoms with van der Waals surface area (Å²) in [5.41, 5.74) is 2.96. The molecule has 0 aliphatic rings. The number of nitrogens with one attached hydrogen (secondary N) is 1. The number of primary sulfonamides is 1. The number of benzene rings is 2. The van der Waals surface area contributed by atoms with Crippen molar-refractivity contribution in [3.05, 3.63) is 65.2 Å². The molecule has 0 unspecified atom stereocenters. The molecule has 10 heteroatoms. The third-order valence-corrected chi connectivity index (χ3v) is 7.28. The summed E-state index contributed by atoms with van der Waals surface area (Å²) >= 11 is 1.50. The highest BCUT2D eigenvalue weighted by atomic mass is 32.2. The average Bonchev–Trinajstić information content (AvgIpc) is 3.10. The van der Waals surface area contributed by atoms with Crippen LogP contribution >= 0.6 is 11.3 Å². The van der Waals surface area contributed by atoms with Crippen molar-refractivity contribution >= 4 is 31.4 Å². The zero-order valence-corrected chi connectivity index (χ0v) is 17.4. The van der Waals surface area contributed by atoms with Crippen molar-refractivity contribution in [2.24, 2.45) is 5.14 Å². The van der Waals surface area contributed by atoms with Crippen LogP contribution < -0.4 is 9.86 Å². The van der Waals surface area contributed by atoms with E-state index in [2.05, 4.69) is 9.71 Å². The number of sulfonamides is 2. The fourth-order valence-corrected chi connectivity index (χ4v) is 5.04. The molecule has 28 heavy (non-hydrogen) atoms. The predicted octanol–water partition coefficient (Wildman–Crippen LogP) is 2.29. The Morgan fingerprint density at radius 3 is 2.39 bits per heavy atom. The van der Waals surface area contributed by atoms with E-state index in [1.54, 1.807) is 0 Å². The van der Waals surface area contributed by atoms with E-state index in [0.717, 1.165) is 22.3 Å². The summed E-state index contributed by atoms with van der Waals surface area (Å²) in [5.74, 6) is 0. The van der Waals surface area contributed by atoms with Crippen molar-refractivity contribution in [1.82, 2.24) is 9.71 Å². The topological polar surface area (TPSA) is 119 Å². The molecule has 0 amide bonds. The monoisotopic (exact) mass is 437 g/mol. The minimum absolute atomic E-state index is 0.138. The standard InChI is InChI=1S/C18H19N3O4S3/c1-13-5-7-14(8-6-13)18-21-15(12-26-18)9-10-20-28(24,25)17-4-2-3-16(11-17)27(19,22)23/h2-8,11-12,20H,9-10H2,1H3,(H2,19,22,23). The number of rotatable bonds is 7. The molecular formula is C18H19N3O4S3. The van der Waals surface area contributed by atoms with Gasteiger partial charge in [-0.2, -0.15) is 0 Å². The zero-order chi connectivity index (χ0) is 20.4. The Hall–Kier alpha value is -2.11. The summed E-state index contributed by atoms with van der Waals surface area (Å²) in [4.78, 5) is 4.13. The normalized spacial score (nSPS) is 12.2. The van der Waals surface area contributed by atoms with E-state index in [0.29, 0.717) is 6.42 Å². The Kier molecular flexibility index (Phi) is 5.96. The van der Waals surface area contributed by atoms with Gasteiger partial charge >= 0.3 is 0 Å². The van der Waals surface area contributed by atoms with Crippen LogP contribution in [-0.4, -0.2) is 28.4 Å². The molecule has 0 spiro atoms. The van der Waals surface area contributed by atoms with Crippen molar-refractivity contribution < 1.29 is 16.8 Å². The predicted molar refractivity (Wildman–Crippen MR) is 109 cm³/mol. The van der Waals surface area contributed by atoms with Gasteiger partial charge in [-0.3, -0.25) is 0 Å². The Labute approximate surface area is 168 Å². The maximum Gasteiger partial charge on any atom is 0.240 e. The number of thiazole rings is 1. The van der Waals surface area contributed by atoms with Crippen molar-refractivity contribution in [3.63, 3.8) is 0 Å². The number of nitrogens with zero attached hydrogens (tertiary/aromatic N) is 1. The van der Waals surface area contributed by atoms with Gasteiger partial charge in [0.2, 0.25) is 20.0 Å². The lowest BCUT2D eigenvalue weighted by molar-refractivity contribution is 0.581. The molecule has 2 aromatic carbocycles. The van der Waals surface area contributed by atoms with E-state index >= 15 is 0 Å². The number of nitrogens with two attached hydrogens (primary N) is 1. The lowest BCUT2D eigenvalue weighted by Crippen LogP contribution is -2.26. The number of hydrogen-bond donors (Lipinski definition) is 2. The van der Waals surface area contributed by atoms with Crippen LogP contribution in [0, 0.1) is 6.92 Å². The minimum atomic E-state index is -3.98. The maximum atomic E-state index is 12.4. The SMILES string of the molecule is Cc1ccc(-c2nc(CCNS(=O)(=O)c3cccc(S(N)(=O)=O)c3)cs2)cc1. The first-order chi connectivity index (χ1) is 13.1. The van der Waals surface area contributed by atoms with E-state index in [4.69, 9.17) is 5.14 Å². The van der Waals surface area contributed by atoms with Crippen LogP contribution in [0.2, 0.25) is 0 Å². The van der Waals surface area contributed by atoms with Crippen molar-refractivity contribution in [2.45, 2.75) is 23.1 Å².